The highest BCUT2D eigenvalue weighted by Gasteiger charge is 2.20. The van der Waals surface area contributed by atoms with E-state index in [4.69, 9.17) is 0 Å². The molecule has 5 nitrogen and oxygen atoms in total. The molecular weight excluding hydrogens is 202 g/mol. The smallest absolute Gasteiger partial charge is 0.0692 e. The first-order valence-corrected chi connectivity index (χ1v) is 6.18. The molecule has 0 aliphatic carbocycles. The van der Waals surface area contributed by atoms with Crippen molar-refractivity contribution in [2.24, 2.45) is 0 Å². The van der Waals surface area contributed by atoms with E-state index in [1.54, 1.807) is 6.20 Å². The number of nitrogens with zero attached hydrogens (tertiary/aromatic N) is 4. The van der Waals surface area contributed by atoms with E-state index in [1.165, 1.54) is 25.9 Å². The average molecular weight is 223 g/mol. The lowest BCUT2D eigenvalue weighted by Crippen LogP contribution is -2.34. The Kier molecular flexibility index (Phi) is 4.30. The van der Waals surface area contributed by atoms with Gasteiger partial charge in [0.2, 0.25) is 0 Å². The van der Waals surface area contributed by atoms with Gasteiger partial charge in [-0.2, -0.15) is 0 Å². The van der Waals surface area contributed by atoms with Gasteiger partial charge in [-0.25, -0.2) is 0 Å². The maximum absolute atomic E-state index is 3.97. The van der Waals surface area contributed by atoms with Gasteiger partial charge < -0.3 is 5.32 Å². The molecule has 0 amide bonds. The normalized spacial score (nSPS) is 21.7. The molecule has 0 aromatic carbocycles. The Bertz CT molecular complexity index is 285. The van der Waals surface area contributed by atoms with Crippen LogP contribution in [0.5, 0.6) is 0 Å². The van der Waals surface area contributed by atoms with Crippen LogP contribution in [0.15, 0.2) is 12.4 Å². The Morgan fingerprint density at radius 3 is 3.12 bits per heavy atom. The lowest BCUT2D eigenvalue weighted by molar-refractivity contribution is 0.305. The molecule has 0 saturated carbocycles. The van der Waals surface area contributed by atoms with Gasteiger partial charge in [-0.15, -0.1) is 5.10 Å². The van der Waals surface area contributed by atoms with Crippen LogP contribution in [0.1, 0.15) is 19.8 Å². The molecule has 1 N–H and O–H groups in total. The molecule has 1 unspecified atom stereocenters. The minimum Gasteiger partial charge on any atom is -0.313 e. The first-order valence-electron chi connectivity index (χ1n) is 6.18. The molecule has 0 spiro atoms. The fourth-order valence-electron chi connectivity index (χ4n) is 2.15. The summed E-state index contributed by atoms with van der Waals surface area (Å²) in [6, 6.07) is 0.690. The van der Waals surface area contributed by atoms with E-state index in [0.717, 1.165) is 19.6 Å². The minimum absolute atomic E-state index is 0.690. The standard InChI is InChI=1S/C11H21N5/c1-2-4-12-11-3-6-15(10-11)8-9-16-7-5-13-14-16/h5,7,11-12H,2-4,6,8-10H2,1H3. The van der Waals surface area contributed by atoms with Crippen LogP contribution in [0, 0.1) is 0 Å². The Balaban J connectivity index is 1.65. The summed E-state index contributed by atoms with van der Waals surface area (Å²) < 4.78 is 1.90. The van der Waals surface area contributed by atoms with Crippen molar-refractivity contribution >= 4 is 0 Å². The molecule has 1 aliphatic heterocycles. The quantitative estimate of drug-likeness (QED) is 0.756. The summed E-state index contributed by atoms with van der Waals surface area (Å²) in [5.74, 6) is 0. The van der Waals surface area contributed by atoms with Gasteiger partial charge in [0.25, 0.3) is 0 Å². The summed E-state index contributed by atoms with van der Waals surface area (Å²) in [5, 5.41) is 11.4. The number of rotatable bonds is 6. The zero-order valence-electron chi connectivity index (χ0n) is 9.97. The molecule has 0 bridgehead atoms. The maximum atomic E-state index is 3.97. The summed E-state index contributed by atoms with van der Waals surface area (Å²) in [4.78, 5) is 2.50. The van der Waals surface area contributed by atoms with Crippen molar-refractivity contribution < 1.29 is 0 Å². The van der Waals surface area contributed by atoms with E-state index in [1.807, 2.05) is 10.9 Å². The first kappa shape index (κ1) is 11.5. The summed E-state index contributed by atoms with van der Waals surface area (Å²) in [7, 11) is 0. The predicted molar refractivity (Wildman–Crippen MR) is 63.2 cm³/mol. The van der Waals surface area contributed by atoms with E-state index in [-0.39, 0.29) is 0 Å². The maximum Gasteiger partial charge on any atom is 0.0692 e. The largest absolute Gasteiger partial charge is 0.313 e. The molecule has 1 aliphatic rings. The van der Waals surface area contributed by atoms with Crippen molar-refractivity contribution in [2.75, 3.05) is 26.2 Å². The van der Waals surface area contributed by atoms with Gasteiger partial charge in [0, 0.05) is 25.3 Å². The fourth-order valence-corrected chi connectivity index (χ4v) is 2.15. The molecule has 5 heteroatoms. The van der Waals surface area contributed by atoms with Crippen LogP contribution < -0.4 is 5.32 Å². The van der Waals surface area contributed by atoms with Gasteiger partial charge >= 0.3 is 0 Å². The fraction of sp³-hybridized carbons (Fsp3) is 0.818. The topological polar surface area (TPSA) is 46.0 Å². The van der Waals surface area contributed by atoms with Gasteiger partial charge in [0.05, 0.1) is 12.7 Å². The molecular formula is C11H21N5. The zero-order valence-corrected chi connectivity index (χ0v) is 9.97. The Hall–Kier alpha value is -0.940. The number of hydrogen-bond acceptors (Lipinski definition) is 4. The highest BCUT2D eigenvalue weighted by atomic mass is 15.4. The van der Waals surface area contributed by atoms with Crippen LogP contribution in [-0.4, -0.2) is 52.1 Å². The molecule has 90 valence electrons. The highest BCUT2D eigenvalue weighted by molar-refractivity contribution is 4.80. The van der Waals surface area contributed by atoms with Crippen molar-refractivity contribution in [3.05, 3.63) is 12.4 Å². The van der Waals surface area contributed by atoms with Gasteiger partial charge in [0.15, 0.2) is 0 Å². The minimum atomic E-state index is 0.690. The molecule has 1 aromatic rings. The molecule has 2 rings (SSSR count). The second-order valence-corrected chi connectivity index (χ2v) is 4.41. The first-order chi connectivity index (χ1) is 7.88. The second kappa shape index (κ2) is 5.96. The van der Waals surface area contributed by atoms with Crippen molar-refractivity contribution in [3.8, 4) is 0 Å². The number of nitrogens with one attached hydrogen (secondary N) is 1. The summed E-state index contributed by atoms with van der Waals surface area (Å²) in [5.41, 5.74) is 0. The third-order valence-corrected chi connectivity index (χ3v) is 3.07. The van der Waals surface area contributed by atoms with E-state index in [2.05, 4.69) is 27.5 Å². The van der Waals surface area contributed by atoms with Crippen LogP contribution in [0.4, 0.5) is 0 Å². The highest BCUT2D eigenvalue weighted by Crippen LogP contribution is 2.08. The summed E-state index contributed by atoms with van der Waals surface area (Å²) in [6.45, 7) is 7.75. The number of hydrogen-bond donors (Lipinski definition) is 1. The molecule has 1 saturated heterocycles. The van der Waals surface area contributed by atoms with Crippen LogP contribution in [0.2, 0.25) is 0 Å². The van der Waals surface area contributed by atoms with Gasteiger partial charge in [0.1, 0.15) is 0 Å². The summed E-state index contributed by atoms with van der Waals surface area (Å²) >= 11 is 0. The van der Waals surface area contributed by atoms with Crippen molar-refractivity contribution in [1.29, 1.82) is 0 Å². The Morgan fingerprint density at radius 2 is 2.38 bits per heavy atom. The van der Waals surface area contributed by atoms with E-state index in [9.17, 15) is 0 Å². The van der Waals surface area contributed by atoms with Crippen molar-refractivity contribution in [2.45, 2.75) is 32.4 Å². The number of likely N-dealkylation sites (tertiary alicyclic amines) is 1. The van der Waals surface area contributed by atoms with Crippen molar-refractivity contribution in [1.82, 2.24) is 25.2 Å². The van der Waals surface area contributed by atoms with Gasteiger partial charge in [-0.1, -0.05) is 12.1 Å². The monoisotopic (exact) mass is 223 g/mol. The third-order valence-electron chi connectivity index (χ3n) is 3.07. The average Bonchev–Trinajstić information content (AvgIpc) is 2.95. The van der Waals surface area contributed by atoms with Crippen molar-refractivity contribution in [3.63, 3.8) is 0 Å². The SMILES string of the molecule is CCCNC1CCN(CCn2ccnn2)C1. The lowest BCUT2D eigenvalue weighted by atomic mass is 10.2. The number of aromatic nitrogens is 3. The van der Waals surface area contributed by atoms with Crippen LogP contribution >= 0.6 is 0 Å². The van der Waals surface area contributed by atoms with E-state index in [0.29, 0.717) is 6.04 Å². The lowest BCUT2D eigenvalue weighted by Gasteiger charge is -2.16. The molecule has 1 atom stereocenters. The Labute approximate surface area is 96.8 Å². The molecule has 1 aromatic heterocycles. The molecule has 0 radical (unpaired) electrons. The van der Waals surface area contributed by atoms with Crippen LogP contribution in [0.3, 0.4) is 0 Å². The predicted octanol–water partition coefficient (Wildman–Crippen LogP) is 0.352. The van der Waals surface area contributed by atoms with E-state index >= 15 is 0 Å². The zero-order chi connectivity index (χ0) is 11.2. The van der Waals surface area contributed by atoms with Crippen LogP contribution in [0.25, 0.3) is 0 Å². The molecule has 16 heavy (non-hydrogen) atoms. The molecule has 2 heterocycles. The second-order valence-electron chi connectivity index (χ2n) is 4.41. The Morgan fingerprint density at radius 1 is 1.44 bits per heavy atom. The molecule has 1 fully saturated rings. The van der Waals surface area contributed by atoms with Crippen LogP contribution in [-0.2, 0) is 6.54 Å². The van der Waals surface area contributed by atoms with E-state index < -0.39 is 0 Å². The van der Waals surface area contributed by atoms with Gasteiger partial charge in [-0.3, -0.25) is 9.58 Å². The third kappa shape index (κ3) is 3.28. The van der Waals surface area contributed by atoms with Gasteiger partial charge in [-0.05, 0) is 25.9 Å². The summed E-state index contributed by atoms with van der Waals surface area (Å²) in [6.07, 6.45) is 6.14.